The molecule has 1 aliphatic heterocycles. The van der Waals surface area contributed by atoms with Gasteiger partial charge in [-0.25, -0.2) is 9.69 Å². The van der Waals surface area contributed by atoms with Crippen molar-refractivity contribution in [3.05, 3.63) is 58.6 Å². The first kappa shape index (κ1) is 20.4. The fourth-order valence-electron chi connectivity index (χ4n) is 2.78. The molecule has 0 aromatic heterocycles. The van der Waals surface area contributed by atoms with E-state index in [9.17, 15) is 14.4 Å². The lowest BCUT2D eigenvalue weighted by Gasteiger charge is -2.26. The van der Waals surface area contributed by atoms with E-state index in [1.165, 1.54) is 19.3 Å². The summed E-state index contributed by atoms with van der Waals surface area (Å²) in [7, 11) is 1.53. The second-order valence-corrected chi connectivity index (χ2v) is 6.94. The number of amides is 4. The van der Waals surface area contributed by atoms with Crippen molar-refractivity contribution in [1.82, 2.24) is 5.32 Å². The summed E-state index contributed by atoms with van der Waals surface area (Å²) >= 11 is 5.97. The number of halogens is 1. The summed E-state index contributed by atoms with van der Waals surface area (Å²) in [6.07, 6.45) is 1.25. The SMILES string of the molecule is COc1ccc(/C=C2\C(=O)NC(=O)N(c3cccc(Cl)c3)C2=O)c(OC(C)C)c1. The van der Waals surface area contributed by atoms with E-state index in [1.54, 1.807) is 36.4 Å². The van der Waals surface area contributed by atoms with Gasteiger partial charge >= 0.3 is 6.03 Å². The summed E-state index contributed by atoms with van der Waals surface area (Å²) in [6.45, 7) is 3.71. The van der Waals surface area contributed by atoms with E-state index in [1.807, 2.05) is 13.8 Å². The van der Waals surface area contributed by atoms with Crippen LogP contribution in [0.15, 0.2) is 48.0 Å². The number of barbiturate groups is 1. The first-order chi connectivity index (χ1) is 13.8. The number of hydrogen-bond acceptors (Lipinski definition) is 5. The Kier molecular flexibility index (Phi) is 5.89. The summed E-state index contributed by atoms with van der Waals surface area (Å²) in [5.41, 5.74) is 0.550. The smallest absolute Gasteiger partial charge is 0.335 e. The van der Waals surface area contributed by atoms with Gasteiger partial charge in [0.05, 0.1) is 18.9 Å². The van der Waals surface area contributed by atoms with Crippen molar-refractivity contribution in [2.75, 3.05) is 12.0 Å². The minimum Gasteiger partial charge on any atom is -0.497 e. The number of ether oxygens (including phenoxy) is 2. The van der Waals surface area contributed by atoms with Gasteiger partial charge in [0, 0.05) is 16.7 Å². The molecule has 29 heavy (non-hydrogen) atoms. The van der Waals surface area contributed by atoms with Crippen molar-refractivity contribution in [1.29, 1.82) is 0 Å². The summed E-state index contributed by atoms with van der Waals surface area (Å²) in [4.78, 5) is 38.5. The highest BCUT2D eigenvalue weighted by atomic mass is 35.5. The van der Waals surface area contributed by atoms with Gasteiger partial charge in [0.1, 0.15) is 17.1 Å². The van der Waals surface area contributed by atoms with E-state index in [0.717, 1.165) is 4.90 Å². The lowest BCUT2D eigenvalue weighted by Crippen LogP contribution is -2.54. The average molecular weight is 415 g/mol. The molecule has 150 valence electrons. The highest BCUT2D eigenvalue weighted by Crippen LogP contribution is 2.30. The van der Waals surface area contributed by atoms with Crippen molar-refractivity contribution in [3.63, 3.8) is 0 Å². The molecule has 1 saturated heterocycles. The number of nitrogens with zero attached hydrogens (tertiary/aromatic N) is 1. The Balaban J connectivity index is 2.05. The van der Waals surface area contributed by atoms with Crippen LogP contribution in [0.5, 0.6) is 11.5 Å². The van der Waals surface area contributed by atoms with Crippen LogP contribution in [0.1, 0.15) is 19.4 Å². The zero-order valence-electron chi connectivity index (χ0n) is 16.1. The van der Waals surface area contributed by atoms with Crippen LogP contribution >= 0.6 is 11.6 Å². The van der Waals surface area contributed by atoms with Crippen LogP contribution in [-0.2, 0) is 9.59 Å². The van der Waals surface area contributed by atoms with E-state index in [0.29, 0.717) is 22.1 Å². The monoisotopic (exact) mass is 414 g/mol. The molecular weight excluding hydrogens is 396 g/mol. The van der Waals surface area contributed by atoms with Gasteiger partial charge in [-0.3, -0.25) is 14.9 Å². The lowest BCUT2D eigenvalue weighted by atomic mass is 10.1. The summed E-state index contributed by atoms with van der Waals surface area (Å²) in [6, 6.07) is 10.4. The molecule has 8 heteroatoms. The van der Waals surface area contributed by atoms with Crippen LogP contribution in [0.25, 0.3) is 6.08 Å². The van der Waals surface area contributed by atoms with Crippen molar-refractivity contribution >= 4 is 41.2 Å². The standard InChI is InChI=1S/C21H19ClN2O5/c1-12(2)29-18-11-16(28-3)8-7-13(18)9-17-19(25)23-21(27)24(20(17)26)15-6-4-5-14(22)10-15/h4-12H,1-3H3,(H,23,25,27)/b17-9+. The third-order valence-electron chi connectivity index (χ3n) is 4.05. The number of urea groups is 1. The Bertz CT molecular complexity index is 1020. The Morgan fingerprint density at radius 3 is 2.52 bits per heavy atom. The molecule has 7 nitrogen and oxygen atoms in total. The van der Waals surface area contributed by atoms with Gasteiger partial charge < -0.3 is 9.47 Å². The van der Waals surface area contributed by atoms with Crippen molar-refractivity contribution in [2.45, 2.75) is 20.0 Å². The highest BCUT2D eigenvalue weighted by molar-refractivity contribution is 6.39. The number of benzene rings is 2. The molecule has 0 bridgehead atoms. The maximum atomic E-state index is 13.0. The molecule has 2 aromatic carbocycles. The van der Waals surface area contributed by atoms with Crippen molar-refractivity contribution in [2.24, 2.45) is 0 Å². The van der Waals surface area contributed by atoms with Crippen LogP contribution in [0, 0.1) is 0 Å². The van der Waals surface area contributed by atoms with E-state index >= 15 is 0 Å². The summed E-state index contributed by atoms with van der Waals surface area (Å²) < 4.78 is 11.0. The van der Waals surface area contributed by atoms with E-state index in [4.69, 9.17) is 21.1 Å². The second kappa shape index (κ2) is 8.36. The predicted octanol–water partition coefficient (Wildman–Crippen LogP) is 3.80. The van der Waals surface area contributed by atoms with Gasteiger partial charge in [-0.15, -0.1) is 0 Å². The quantitative estimate of drug-likeness (QED) is 0.594. The van der Waals surface area contributed by atoms with Crippen molar-refractivity contribution in [3.8, 4) is 11.5 Å². The highest BCUT2D eigenvalue weighted by Gasteiger charge is 2.37. The van der Waals surface area contributed by atoms with Gasteiger partial charge in [0.15, 0.2) is 0 Å². The largest absolute Gasteiger partial charge is 0.497 e. The van der Waals surface area contributed by atoms with Gasteiger partial charge in [-0.2, -0.15) is 0 Å². The molecule has 1 aliphatic rings. The van der Waals surface area contributed by atoms with Crippen LogP contribution in [0.4, 0.5) is 10.5 Å². The molecule has 0 spiro atoms. The number of carbonyl (C=O) groups is 3. The maximum absolute atomic E-state index is 13.0. The first-order valence-electron chi connectivity index (χ1n) is 8.82. The fraction of sp³-hybridized carbons (Fsp3) is 0.190. The van der Waals surface area contributed by atoms with Crippen LogP contribution in [0.3, 0.4) is 0 Å². The normalized spacial score (nSPS) is 15.7. The number of nitrogens with one attached hydrogen (secondary N) is 1. The first-order valence-corrected chi connectivity index (χ1v) is 9.19. The van der Waals surface area contributed by atoms with Crippen LogP contribution in [0.2, 0.25) is 5.02 Å². The fourth-order valence-corrected chi connectivity index (χ4v) is 2.96. The van der Waals surface area contributed by atoms with Gasteiger partial charge in [-0.1, -0.05) is 17.7 Å². The number of carbonyl (C=O) groups excluding carboxylic acids is 3. The predicted molar refractivity (Wildman–Crippen MR) is 109 cm³/mol. The Labute approximate surface area is 172 Å². The average Bonchev–Trinajstić information content (AvgIpc) is 2.65. The van der Waals surface area contributed by atoms with E-state index < -0.39 is 17.8 Å². The van der Waals surface area contributed by atoms with Crippen molar-refractivity contribution < 1.29 is 23.9 Å². The zero-order chi connectivity index (χ0) is 21.1. The number of imide groups is 2. The lowest BCUT2D eigenvalue weighted by molar-refractivity contribution is -0.122. The number of anilines is 1. The second-order valence-electron chi connectivity index (χ2n) is 6.51. The molecule has 1 N–H and O–H groups in total. The number of rotatable bonds is 5. The number of methoxy groups -OCH3 is 1. The Morgan fingerprint density at radius 1 is 1.10 bits per heavy atom. The van der Waals surface area contributed by atoms with Gasteiger partial charge in [0.25, 0.3) is 11.8 Å². The Hall–Kier alpha value is -3.32. The molecule has 4 amide bonds. The zero-order valence-corrected chi connectivity index (χ0v) is 16.8. The third kappa shape index (κ3) is 4.41. The van der Waals surface area contributed by atoms with Gasteiger partial charge in [-0.05, 0) is 50.3 Å². The Morgan fingerprint density at radius 2 is 1.86 bits per heavy atom. The summed E-state index contributed by atoms with van der Waals surface area (Å²) in [5.74, 6) is -0.534. The molecular formula is C21H19ClN2O5. The minimum absolute atomic E-state index is 0.139. The molecule has 3 rings (SSSR count). The van der Waals surface area contributed by atoms with E-state index in [2.05, 4.69) is 5.32 Å². The molecule has 1 heterocycles. The summed E-state index contributed by atoms with van der Waals surface area (Å²) in [5, 5.41) is 2.54. The molecule has 0 saturated carbocycles. The molecule has 2 aromatic rings. The molecule has 0 unspecified atom stereocenters. The molecule has 0 radical (unpaired) electrons. The molecule has 0 atom stereocenters. The topological polar surface area (TPSA) is 84.9 Å². The molecule has 1 fully saturated rings. The number of hydrogen-bond donors (Lipinski definition) is 1. The third-order valence-corrected chi connectivity index (χ3v) is 4.29. The van der Waals surface area contributed by atoms with Gasteiger partial charge in [0.2, 0.25) is 0 Å². The van der Waals surface area contributed by atoms with Crippen LogP contribution in [-0.4, -0.2) is 31.1 Å². The minimum atomic E-state index is -0.840. The maximum Gasteiger partial charge on any atom is 0.335 e. The van der Waals surface area contributed by atoms with E-state index in [-0.39, 0.29) is 17.4 Å². The molecule has 0 aliphatic carbocycles. The van der Waals surface area contributed by atoms with Crippen LogP contribution < -0.4 is 19.7 Å².